The van der Waals surface area contributed by atoms with Crippen LogP contribution in [-0.2, 0) is 30.3 Å². The fraction of sp³-hybridized carbons (Fsp3) is 0.429. The Balaban J connectivity index is 2.05. The molecule has 0 saturated heterocycles. The van der Waals surface area contributed by atoms with E-state index in [4.69, 9.17) is 24.7 Å². The van der Waals surface area contributed by atoms with Gasteiger partial charge in [0, 0.05) is 0 Å². The summed E-state index contributed by atoms with van der Waals surface area (Å²) in [4.78, 5) is 49.1. The summed E-state index contributed by atoms with van der Waals surface area (Å²) >= 11 is 0. The summed E-state index contributed by atoms with van der Waals surface area (Å²) in [6.45, 7) is 9.96. The maximum Gasteiger partial charge on any atom is 0.338 e. The van der Waals surface area contributed by atoms with Crippen LogP contribution in [0.5, 0.6) is 11.5 Å². The molecular weight excluding hydrogens is 478 g/mol. The topological polar surface area (TPSA) is 131 Å². The molecule has 2 N–H and O–H groups in total. The molecule has 2 aromatic rings. The van der Waals surface area contributed by atoms with Gasteiger partial charge in [0.15, 0.2) is 11.5 Å². The number of nitrogens with two attached hydrogens (primary N) is 1. The lowest BCUT2D eigenvalue weighted by Gasteiger charge is -2.22. The average molecular weight is 514 g/mol. The molecule has 0 amide bonds. The zero-order valence-electron chi connectivity index (χ0n) is 22.1. The van der Waals surface area contributed by atoms with Crippen molar-refractivity contribution < 1.29 is 38.1 Å². The highest BCUT2D eigenvalue weighted by atomic mass is 16.6. The molecule has 0 aliphatic heterocycles. The SMILES string of the molecule is CC(C)C(=O)Oc1ccc(C[C@H](N)C(=O)O[C@H](C)[C@@H](C)OC(=O)c2ccccc2)cc1OC(=O)C(C)C. The standard InChI is InChI=1S/C28H35NO8/c1-16(2)25(30)36-23-13-12-20(15-24(23)37-26(31)17(3)4)14-22(29)28(33)35-19(6)18(5)34-27(32)21-10-8-7-9-11-21/h7-13,15-19,22H,14,29H2,1-6H3/t18-,19-,22+/m1/s1. The smallest absolute Gasteiger partial charge is 0.338 e. The first kappa shape index (κ1) is 29.5. The van der Waals surface area contributed by atoms with Crippen molar-refractivity contribution in [2.45, 2.75) is 66.2 Å². The number of ether oxygens (including phenoxy) is 4. The van der Waals surface area contributed by atoms with E-state index < -0.39 is 48.0 Å². The molecule has 0 radical (unpaired) electrons. The van der Waals surface area contributed by atoms with E-state index >= 15 is 0 Å². The Hall–Kier alpha value is -3.72. The van der Waals surface area contributed by atoms with Crippen LogP contribution in [0.1, 0.15) is 57.5 Å². The van der Waals surface area contributed by atoms with E-state index in [1.165, 1.54) is 12.1 Å². The maximum atomic E-state index is 12.6. The average Bonchev–Trinajstić information content (AvgIpc) is 2.85. The number of esters is 4. The highest BCUT2D eigenvalue weighted by Crippen LogP contribution is 2.30. The molecule has 37 heavy (non-hydrogen) atoms. The van der Waals surface area contributed by atoms with Crippen molar-refractivity contribution in [1.82, 2.24) is 0 Å². The first-order valence-corrected chi connectivity index (χ1v) is 12.2. The third-order valence-corrected chi connectivity index (χ3v) is 5.40. The Morgan fingerprint density at radius 2 is 1.24 bits per heavy atom. The fourth-order valence-electron chi connectivity index (χ4n) is 2.91. The normalized spacial score (nSPS) is 13.4. The maximum absolute atomic E-state index is 12.6. The Morgan fingerprint density at radius 3 is 1.81 bits per heavy atom. The lowest BCUT2D eigenvalue weighted by Crippen LogP contribution is -2.39. The van der Waals surface area contributed by atoms with E-state index in [0.717, 1.165) is 0 Å². The van der Waals surface area contributed by atoms with Crippen molar-refractivity contribution in [3.63, 3.8) is 0 Å². The molecule has 0 unspecified atom stereocenters. The van der Waals surface area contributed by atoms with E-state index in [2.05, 4.69) is 0 Å². The molecular formula is C28H35NO8. The number of carbonyl (C=O) groups is 4. The van der Waals surface area contributed by atoms with Crippen molar-refractivity contribution in [2.75, 3.05) is 0 Å². The highest BCUT2D eigenvalue weighted by Gasteiger charge is 2.25. The third-order valence-electron chi connectivity index (χ3n) is 5.40. The summed E-state index contributed by atoms with van der Waals surface area (Å²) in [5.74, 6) is -2.84. The largest absolute Gasteiger partial charge is 0.458 e. The second-order valence-electron chi connectivity index (χ2n) is 9.36. The first-order chi connectivity index (χ1) is 17.4. The monoisotopic (exact) mass is 513 g/mol. The molecule has 0 bridgehead atoms. The number of carbonyl (C=O) groups excluding carboxylic acids is 4. The van der Waals surface area contributed by atoms with Crippen LogP contribution in [0.25, 0.3) is 0 Å². The minimum absolute atomic E-state index is 0.0561. The van der Waals surface area contributed by atoms with Gasteiger partial charge in [0.25, 0.3) is 0 Å². The predicted octanol–water partition coefficient (Wildman–Crippen LogP) is 3.86. The van der Waals surface area contributed by atoms with Gasteiger partial charge < -0.3 is 24.7 Å². The van der Waals surface area contributed by atoms with Crippen LogP contribution in [0.2, 0.25) is 0 Å². The van der Waals surface area contributed by atoms with Crippen molar-refractivity contribution in [2.24, 2.45) is 17.6 Å². The van der Waals surface area contributed by atoms with Gasteiger partial charge in [-0.3, -0.25) is 14.4 Å². The first-order valence-electron chi connectivity index (χ1n) is 12.2. The molecule has 2 rings (SSSR count). The van der Waals surface area contributed by atoms with Crippen molar-refractivity contribution in [1.29, 1.82) is 0 Å². The molecule has 0 spiro atoms. The molecule has 0 saturated carbocycles. The molecule has 2 aromatic carbocycles. The Bertz CT molecular complexity index is 1100. The van der Waals surface area contributed by atoms with Gasteiger partial charge in [-0.1, -0.05) is 52.0 Å². The number of rotatable bonds is 11. The van der Waals surface area contributed by atoms with Crippen LogP contribution >= 0.6 is 0 Å². The second-order valence-corrected chi connectivity index (χ2v) is 9.36. The van der Waals surface area contributed by atoms with Gasteiger partial charge in [-0.05, 0) is 50.1 Å². The van der Waals surface area contributed by atoms with Crippen molar-refractivity contribution in [3.8, 4) is 11.5 Å². The molecule has 200 valence electrons. The molecule has 0 aliphatic rings. The molecule has 9 nitrogen and oxygen atoms in total. The van der Waals surface area contributed by atoms with Crippen LogP contribution in [0, 0.1) is 11.8 Å². The summed E-state index contributed by atoms with van der Waals surface area (Å²) < 4.78 is 21.6. The second kappa shape index (κ2) is 13.5. The lowest BCUT2D eigenvalue weighted by molar-refractivity contribution is -0.155. The minimum Gasteiger partial charge on any atom is -0.458 e. The summed E-state index contributed by atoms with van der Waals surface area (Å²) in [6.07, 6.45) is -1.39. The number of hydrogen-bond acceptors (Lipinski definition) is 9. The van der Waals surface area contributed by atoms with Crippen LogP contribution < -0.4 is 15.2 Å². The molecule has 3 atom stereocenters. The molecule has 0 heterocycles. The van der Waals surface area contributed by atoms with E-state index in [-0.39, 0.29) is 23.8 Å². The molecule has 0 aromatic heterocycles. The fourth-order valence-corrected chi connectivity index (χ4v) is 2.91. The van der Waals surface area contributed by atoms with Gasteiger partial charge in [-0.2, -0.15) is 0 Å². The molecule has 0 fully saturated rings. The van der Waals surface area contributed by atoms with Crippen LogP contribution in [-0.4, -0.2) is 42.1 Å². The Kier molecular flexibility index (Phi) is 10.8. The summed E-state index contributed by atoms with van der Waals surface area (Å²) in [5, 5.41) is 0. The van der Waals surface area contributed by atoms with Gasteiger partial charge >= 0.3 is 23.9 Å². The van der Waals surface area contributed by atoms with Gasteiger partial charge in [-0.25, -0.2) is 4.79 Å². The van der Waals surface area contributed by atoms with Gasteiger partial charge in [-0.15, -0.1) is 0 Å². The zero-order valence-corrected chi connectivity index (χ0v) is 22.1. The van der Waals surface area contributed by atoms with Gasteiger partial charge in [0.1, 0.15) is 18.2 Å². The summed E-state index contributed by atoms with van der Waals surface area (Å²) in [5.41, 5.74) is 7.03. The van der Waals surface area contributed by atoms with Crippen LogP contribution in [0.15, 0.2) is 48.5 Å². The molecule has 9 heteroatoms. The number of hydrogen-bond donors (Lipinski definition) is 1. The highest BCUT2D eigenvalue weighted by molar-refractivity contribution is 5.89. The number of benzene rings is 2. The summed E-state index contributed by atoms with van der Waals surface area (Å²) in [7, 11) is 0. The van der Waals surface area contributed by atoms with Crippen LogP contribution in [0.4, 0.5) is 0 Å². The van der Waals surface area contributed by atoms with E-state index in [1.54, 1.807) is 77.9 Å². The zero-order chi connectivity index (χ0) is 27.7. The van der Waals surface area contributed by atoms with E-state index in [0.29, 0.717) is 11.1 Å². The van der Waals surface area contributed by atoms with E-state index in [9.17, 15) is 19.2 Å². The Labute approximate surface area is 217 Å². The van der Waals surface area contributed by atoms with Gasteiger partial charge in [0.2, 0.25) is 0 Å². The van der Waals surface area contributed by atoms with Gasteiger partial charge in [0.05, 0.1) is 17.4 Å². The van der Waals surface area contributed by atoms with Crippen molar-refractivity contribution in [3.05, 3.63) is 59.7 Å². The third kappa shape index (κ3) is 9.02. The molecule has 0 aliphatic carbocycles. The van der Waals surface area contributed by atoms with E-state index in [1.807, 2.05) is 0 Å². The summed E-state index contributed by atoms with van der Waals surface area (Å²) in [6, 6.07) is 12.1. The van der Waals surface area contributed by atoms with Crippen molar-refractivity contribution >= 4 is 23.9 Å². The Morgan fingerprint density at radius 1 is 0.703 bits per heavy atom. The predicted molar refractivity (Wildman–Crippen MR) is 136 cm³/mol. The van der Waals surface area contributed by atoms with Crippen LogP contribution in [0.3, 0.4) is 0 Å². The lowest BCUT2D eigenvalue weighted by atomic mass is 10.1. The quantitative estimate of drug-likeness (QED) is 0.351. The minimum atomic E-state index is -1.04.